The summed E-state index contributed by atoms with van der Waals surface area (Å²) in [5.74, 6) is 0.673. The molecule has 0 aromatic carbocycles. The molecular weight excluding hydrogens is 390 g/mol. The Bertz CT molecular complexity index is 969. The number of hydrogen-bond acceptors (Lipinski definition) is 9. The third kappa shape index (κ3) is 3.30. The summed E-state index contributed by atoms with van der Waals surface area (Å²) in [6, 6.07) is 0. The first-order valence-corrected chi connectivity index (χ1v) is 10.1. The van der Waals surface area contributed by atoms with Crippen LogP contribution < -0.4 is 5.73 Å². The van der Waals surface area contributed by atoms with Crippen LogP contribution in [0.3, 0.4) is 0 Å². The minimum absolute atomic E-state index is 0.257. The summed E-state index contributed by atoms with van der Waals surface area (Å²) >= 11 is 0. The zero-order valence-electron chi connectivity index (χ0n) is 16.4. The van der Waals surface area contributed by atoms with Crippen molar-refractivity contribution >= 4 is 17.0 Å². The summed E-state index contributed by atoms with van der Waals surface area (Å²) in [7, 11) is 0. The van der Waals surface area contributed by atoms with E-state index in [1.54, 1.807) is 4.57 Å². The topological polar surface area (TPSA) is 138 Å². The molecule has 2 aliphatic carbocycles. The summed E-state index contributed by atoms with van der Waals surface area (Å²) < 4.78 is 19.2. The van der Waals surface area contributed by atoms with Crippen LogP contribution in [-0.4, -0.2) is 74.5 Å². The van der Waals surface area contributed by atoms with Crippen molar-refractivity contribution in [1.82, 2.24) is 19.5 Å². The first kappa shape index (κ1) is 19.6. The van der Waals surface area contributed by atoms with Gasteiger partial charge in [0.25, 0.3) is 0 Å². The maximum absolute atomic E-state index is 10.6. The number of nitrogen functional groups attached to an aromatic ring is 1. The molecule has 2 fully saturated rings. The van der Waals surface area contributed by atoms with E-state index in [9.17, 15) is 10.2 Å². The monoisotopic (exact) mass is 415 g/mol. The van der Waals surface area contributed by atoms with Gasteiger partial charge in [0.1, 0.15) is 30.2 Å². The third-order valence-corrected chi connectivity index (χ3v) is 6.09. The van der Waals surface area contributed by atoms with Crippen molar-refractivity contribution in [1.29, 1.82) is 0 Å². The molecule has 0 amide bonds. The lowest BCUT2D eigenvalue weighted by Crippen LogP contribution is -2.36. The van der Waals surface area contributed by atoms with Gasteiger partial charge in [0.05, 0.1) is 32.8 Å². The van der Waals surface area contributed by atoms with Gasteiger partial charge in [-0.3, -0.25) is 4.57 Å². The number of aliphatic hydroxyl groups excluding tert-OH is 2. The van der Waals surface area contributed by atoms with Crippen molar-refractivity contribution in [3.63, 3.8) is 0 Å². The van der Waals surface area contributed by atoms with Crippen LogP contribution in [0.4, 0.5) is 5.82 Å². The minimum Gasteiger partial charge on any atom is -0.394 e. The van der Waals surface area contributed by atoms with Crippen LogP contribution in [0.25, 0.3) is 11.2 Å². The Morgan fingerprint density at radius 3 is 2.70 bits per heavy atom. The molecule has 1 saturated heterocycles. The molecule has 3 heterocycles. The molecule has 10 heteroatoms. The Morgan fingerprint density at radius 1 is 1.17 bits per heavy atom. The van der Waals surface area contributed by atoms with Crippen molar-refractivity contribution in [3.05, 3.63) is 36.0 Å². The molecule has 3 aliphatic rings. The van der Waals surface area contributed by atoms with E-state index in [0.29, 0.717) is 30.3 Å². The van der Waals surface area contributed by atoms with Crippen molar-refractivity contribution in [3.8, 4) is 0 Å². The Kier molecular flexibility index (Phi) is 5.25. The van der Waals surface area contributed by atoms with E-state index in [-0.39, 0.29) is 19.0 Å². The normalized spacial score (nSPS) is 28.5. The predicted molar refractivity (Wildman–Crippen MR) is 106 cm³/mol. The second-order valence-electron chi connectivity index (χ2n) is 7.77. The van der Waals surface area contributed by atoms with Gasteiger partial charge in [-0.1, -0.05) is 23.3 Å². The standard InChI is InChI=1S/C20H25N5O5/c21-18-15-19(23-9-22-18)25(10-24-15)20-17(16(27)14(7-26)30-20)29-6-5-28-8-13-11-1-2-12(13)4-3-11/h1-2,9-10,13-14,16-17,20,26-27H,3-8H2,(H2,21,22,23)/t14-,16?,17?,20-/m1/s1. The van der Waals surface area contributed by atoms with E-state index in [4.69, 9.17) is 19.9 Å². The molecule has 10 nitrogen and oxygen atoms in total. The smallest absolute Gasteiger partial charge is 0.167 e. The van der Waals surface area contributed by atoms with Gasteiger partial charge in [-0.15, -0.1) is 0 Å². The number of imidazole rings is 1. The first-order valence-electron chi connectivity index (χ1n) is 10.1. The van der Waals surface area contributed by atoms with Gasteiger partial charge >= 0.3 is 0 Å². The van der Waals surface area contributed by atoms with Gasteiger partial charge in [-0.2, -0.15) is 0 Å². The molecule has 0 spiro atoms. The van der Waals surface area contributed by atoms with Crippen molar-refractivity contribution in [2.75, 3.05) is 32.2 Å². The number of allylic oxidation sites excluding steroid dienone is 2. The van der Waals surface area contributed by atoms with Crippen LogP contribution in [0.1, 0.15) is 19.1 Å². The molecule has 1 saturated carbocycles. The van der Waals surface area contributed by atoms with Gasteiger partial charge in [-0.05, 0) is 12.8 Å². The fourth-order valence-corrected chi connectivity index (χ4v) is 4.48. The first-order chi connectivity index (χ1) is 14.7. The highest BCUT2D eigenvalue weighted by Crippen LogP contribution is 2.41. The number of aromatic nitrogens is 4. The number of nitrogens with zero attached hydrogens (tertiary/aromatic N) is 4. The lowest BCUT2D eigenvalue weighted by molar-refractivity contribution is -0.0818. The third-order valence-electron chi connectivity index (χ3n) is 6.09. The molecule has 4 N–H and O–H groups in total. The van der Waals surface area contributed by atoms with E-state index >= 15 is 0 Å². The average Bonchev–Trinajstić information content (AvgIpc) is 3.52. The SMILES string of the molecule is Nc1ncnc2c1ncn2[C@@H]1O[C@H](CO)C(O)C1OCCOCC1C2=CC=C1CC2. The van der Waals surface area contributed by atoms with Crippen molar-refractivity contribution in [2.24, 2.45) is 5.92 Å². The maximum atomic E-state index is 10.6. The highest BCUT2D eigenvalue weighted by atomic mass is 16.6. The lowest BCUT2D eigenvalue weighted by Gasteiger charge is -2.22. The van der Waals surface area contributed by atoms with Crippen molar-refractivity contribution in [2.45, 2.75) is 37.4 Å². The van der Waals surface area contributed by atoms with Gasteiger partial charge < -0.3 is 30.2 Å². The minimum atomic E-state index is -1.00. The number of aliphatic hydroxyl groups is 2. The lowest BCUT2D eigenvalue weighted by atomic mass is 10.1. The zero-order chi connectivity index (χ0) is 20.7. The number of rotatable bonds is 8. The largest absolute Gasteiger partial charge is 0.394 e. The average molecular weight is 415 g/mol. The summed E-state index contributed by atoms with van der Waals surface area (Å²) in [6.07, 6.45) is 6.33. The van der Waals surface area contributed by atoms with Crippen LogP contribution >= 0.6 is 0 Å². The van der Waals surface area contributed by atoms with Gasteiger partial charge in [0.2, 0.25) is 0 Å². The van der Waals surface area contributed by atoms with Gasteiger partial charge in [-0.25, -0.2) is 15.0 Å². The fourth-order valence-electron chi connectivity index (χ4n) is 4.48. The molecule has 2 aromatic rings. The Hall–Kier alpha value is -2.37. The van der Waals surface area contributed by atoms with Crippen LogP contribution in [0.5, 0.6) is 0 Å². The van der Waals surface area contributed by atoms with Crippen LogP contribution in [0, 0.1) is 5.92 Å². The second kappa shape index (κ2) is 8.05. The molecular formula is C20H25N5O5. The Labute approximate surface area is 173 Å². The molecule has 30 heavy (non-hydrogen) atoms. The Morgan fingerprint density at radius 2 is 1.97 bits per heavy atom. The summed E-state index contributed by atoms with van der Waals surface area (Å²) in [4.78, 5) is 12.4. The molecule has 160 valence electrons. The van der Waals surface area contributed by atoms with E-state index in [1.807, 2.05) is 0 Å². The fraction of sp³-hybridized carbons (Fsp3) is 0.550. The second-order valence-corrected chi connectivity index (χ2v) is 7.77. The van der Waals surface area contributed by atoms with Crippen LogP contribution in [-0.2, 0) is 14.2 Å². The van der Waals surface area contributed by atoms with Gasteiger partial charge in [0.15, 0.2) is 17.7 Å². The zero-order valence-corrected chi connectivity index (χ0v) is 16.4. The van der Waals surface area contributed by atoms with E-state index in [1.165, 1.54) is 23.8 Å². The van der Waals surface area contributed by atoms with E-state index in [0.717, 1.165) is 12.8 Å². The number of fused-ring (bicyclic) bond motifs is 3. The highest BCUT2D eigenvalue weighted by molar-refractivity contribution is 5.81. The molecule has 0 radical (unpaired) electrons. The van der Waals surface area contributed by atoms with Crippen molar-refractivity contribution < 1.29 is 24.4 Å². The molecule has 1 aliphatic heterocycles. The van der Waals surface area contributed by atoms with Gasteiger partial charge in [0, 0.05) is 5.92 Å². The summed E-state index contributed by atoms with van der Waals surface area (Å²) in [6.45, 7) is 1.00. The molecule has 2 bridgehead atoms. The quantitative estimate of drug-likeness (QED) is 0.521. The Balaban J connectivity index is 1.23. The maximum Gasteiger partial charge on any atom is 0.167 e. The van der Waals surface area contributed by atoms with Crippen LogP contribution in [0.2, 0.25) is 0 Å². The molecule has 5 rings (SSSR count). The number of nitrogens with two attached hydrogens (primary N) is 1. The summed E-state index contributed by atoms with van der Waals surface area (Å²) in [5.41, 5.74) is 9.68. The van der Waals surface area contributed by atoms with Crippen LogP contribution in [0.15, 0.2) is 36.0 Å². The molecule has 2 unspecified atom stereocenters. The number of ether oxygens (including phenoxy) is 3. The highest BCUT2D eigenvalue weighted by Gasteiger charge is 2.46. The van der Waals surface area contributed by atoms with E-state index in [2.05, 4.69) is 27.1 Å². The summed E-state index contributed by atoms with van der Waals surface area (Å²) in [5, 5.41) is 20.2. The molecule has 4 atom stereocenters. The number of hydrogen-bond donors (Lipinski definition) is 3. The number of anilines is 1. The molecule has 2 aromatic heterocycles. The van der Waals surface area contributed by atoms with E-state index < -0.39 is 24.5 Å². The predicted octanol–water partition coefficient (Wildman–Crippen LogP) is 0.337.